The van der Waals surface area contributed by atoms with E-state index in [1.165, 1.54) is 11.8 Å². The smallest absolute Gasteiger partial charge is 0.230 e. The van der Waals surface area contributed by atoms with Crippen LogP contribution in [0.3, 0.4) is 0 Å². The summed E-state index contributed by atoms with van der Waals surface area (Å²) in [7, 11) is 1.64. The summed E-state index contributed by atoms with van der Waals surface area (Å²) in [6.45, 7) is 10.9. The molecular formula is C18H28NO2S. The molecule has 0 aliphatic heterocycles. The number of benzene rings is 1. The first-order valence-corrected chi connectivity index (χ1v) is 7.97. The van der Waals surface area contributed by atoms with Crippen LogP contribution in [0.2, 0.25) is 0 Å². The lowest BCUT2D eigenvalue weighted by molar-refractivity contribution is -0.118. The van der Waals surface area contributed by atoms with E-state index in [2.05, 4.69) is 18.2 Å². The maximum absolute atomic E-state index is 10.9. The maximum atomic E-state index is 10.9. The summed E-state index contributed by atoms with van der Waals surface area (Å²) < 4.78 is 0. The van der Waals surface area contributed by atoms with Crippen LogP contribution < -0.4 is 5.32 Å². The van der Waals surface area contributed by atoms with Crippen LogP contribution in [0.4, 0.5) is 0 Å². The van der Waals surface area contributed by atoms with Gasteiger partial charge in [-0.2, -0.15) is 0 Å². The average Bonchev–Trinajstić information content (AvgIpc) is 2.44. The fraction of sp³-hybridized carbons (Fsp3) is 0.444. The zero-order chi connectivity index (χ0) is 17.4. The number of hydrogen-bond acceptors (Lipinski definition) is 3. The van der Waals surface area contributed by atoms with Crippen LogP contribution in [0, 0.1) is 24.7 Å². The summed E-state index contributed by atoms with van der Waals surface area (Å²) in [5.74, 6) is 3.03. The molecule has 0 atom stereocenters. The Morgan fingerprint density at radius 1 is 1.45 bits per heavy atom. The number of aliphatic hydroxyl groups is 1. The number of terminal acetylenes is 1. The minimum absolute atomic E-state index is 0. The van der Waals surface area contributed by atoms with Crippen LogP contribution in [0.25, 0.3) is 0 Å². The average molecular weight is 322 g/mol. The Balaban J connectivity index is 0. The predicted molar refractivity (Wildman–Crippen MR) is 96.7 cm³/mol. The zero-order valence-electron chi connectivity index (χ0n) is 14.1. The van der Waals surface area contributed by atoms with E-state index in [1.54, 1.807) is 20.9 Å². The maximum Gasteiger partial charge on any atom is 0.230 e. The molecule has 1 aromatic carbocycles. The van der Waals surface area contributed by atoms with Crippen molar-refractivity contribution in [2.24, 2.45) is 5.41 Å². The minimum Gasteiger partial charge on any atom is -0.389 e. The lowest BCUT2D eigenvalue weighted by atomic mass is 9.78. The molecule has 1 radical (unpaired) electrons. The van der Waals surface area contributed by atoms with E-state index >= 15 is 0 Å². The molecule has 123 valence electrons. The third kappa shape index (κ3) is 7.53. The normalized spacial score (nSPS) is 11.0. The lowest BCUT2D eigenvalue weighted by Gasteiger charge is -2.31. The van der Waals surface area contributed by atoms with Crippen molar-refractivity contribution in [3.63, 3.8) is 0 Å². The van der Waals surface area contributed by atoms with Crippen LogP contribution >= 0.6 is 11.8 Å². The van der Waals surface area contributed by atoms with Crippen LogP contribution in [-0.2, 0) is 4.79 Å². The van der Waals surface area contributed by atoms with Gasteiger partial charge in [-0.15, -0.1) is 18.2 Å². The van der Waals surface area contributed by atoms with Crippen LogP contribution in [0.15, 0.2) is 29.2 Å². The number of amides is 1. The minimum atomic E-state index is -0.790. The summed E-state index contributed by atoms with van der Waals surface area (Å²) in [5, 5.41) is 12.0. The number of carbonyl (C=O) groups excluding carboxylic acids is 1. The van der Waals surface area contributed by atoms with Crippen LogP contribution in [-0.4, -0.2) is 29.4 Å². The summed E-state index contributed by atoms with van der Waals surface area (Å²) in [6, 6.07) is 7.81. The molecule has 2 N–H and O–H groups in total. The van der Waals surface area contributed by atoms with Crippen LogP contribution in [0.1, 0.15) is 34.7 Å². The quantitative estimate of drug-likeness (QED) is 0.660. The second kappa shape index (κ2) is 8.87. The zero-order valence-corrected chi connectivity index (χ0v) is 14.9. The first kappa shape index (κ1) is 20.6. The van der Waals surface area contributed by atoms with Gasteiger partial charge in [0, 0.05) is 13.4 Å². The SMILES string of the molecule is C#CC(C)(C)C(C)(C)O.[CH2]c1cccc(SCC(=O)NC)c1.[HH]. The molecule has 0 aliphatic carbocycles. The Morgan fingerprint density at radius 3 is 2.41 bits per heavy atom. The van der Waals surface area contributed by atoms with E-state index in [9.17, 15) is 9.90 Å². The van der Waals surface area contributed by atoms with Crippen molar-refractivity contribution in [2.75, 3.05) is 12.8 Å². The molecule has 0 fully saturated rings. The van der Waals surface area contributed by atoms with Crippen molar-refractivity contribution in [1.82, 2.24) is 5.32 Å². The number of carbonyl (C=O) groups is 1. The van der Waals surface area contributed by atoms with E-state index in [4.69, 9.17) is 6.42 Å². The van der Waals surface area contributed by atoms with Crippen molar-refractivity contribution in [2.45, 2.75) is 38.2 Å². The van der Waals surface area contributed by atoms with Gasteiger partial charge in [0.15, 0.2) is 0 Å². The highest BCUT2D eigenvalue weighted by Gasteiger charge is 2.32. The van der Waals surface area contributed by atoms with Gasteiger partial charge in [0.1, 0.15) is 0 Å². The molecule has 0 bridgehead atoms. The van der Waals surface area contributed by atoms with E-state index in [1.807, 2.05) is 38.1 Å². The molecule has 3 nitrogen and oxygen atoms in total. The summed E-state index contributed by atoms with van der Waals surface area (Å²) in [5.41, 5.74) is -0.253. The number of nitrogens with one attached hydrogen (secondary N) is 1. The summed E-state index contributed by atoms with van der Waals surface area (Å²) in [4.78, 5) is 12.0. The number of rotatable bonds is 4. The summed E-state index contributed by atoms with van der Waals surface area (Å²) in [6.07, 6.45) is 5.18. The van der Waals surface area contributed by atoms with Gasteiger partial charge >= 0.3 is 0 Å². The third-order valence-electron chi connectivity index (χ3n) is 3.44. The van der Waals surface area contributed by atoms with Gasteiger partial charge in [-0.3, -0.25) is 4.79 Å². The van der Waals surface area contributed by atoms with Crippen LogP contribution in [0.5, 0.6) is 0 Å². The van der Waals surface area contributed by atoms with Crippen molar-refractivity contribution in [3.05, 3.63) is 36.8 Å². The Labute approximate surface area is 140 Å². The Kier molecular flexibility index (Phi) is 8.29. The monoisotopic (exact) mass is 322 g/mol. The topological polar surface area (TPSA) is 49.3 Å². The standard InChI is InChI=1S/C10H12NOS.C8H14O.H2/c1-8-4-3-5-9(6-8)13-7-10(12)11-2;1-6-7(2,3)8(4,5)9;/h3-6H,1,7H2,2H3,(H,11,12);1,9H,2-5H3;1H. The molecule has 0 aliphatic rings. The molecule has 22 heavy (non-hydrogen) atoms. The van der Waals surface area contributed by atoms with Gasteiger partial charge in [0.25, 0.3) is 0 Å². The second-order valence-corrected chi connectivity index (χ2v) is 6.99. The molecule has 1 rings (SSSR count). The fourth-order valence-electron chi connectivity index (χ4n) is 1.03. The lowest BCUT2D eigenvalue weighted by Crippen LogP contribution is -2.37. The molecule has 0 unspecified atom stereocenters. The van der Waals surface area contributed by atoms with Crippen molar-refractivity contribution in [3.8, 4) is 12.3 Å². The van der Waals surface area contributed by atoms with Gasteiger partial charge in [0.2, 0.25) is 5.91 Å². The molecule has 1 aromatic rings. The van der Waals surface area contributed by atoms with Crippen molar-refractivity contribution >= 4 is 17.7 Å². The fourth-order valence-corrected chi connectivity index (χ4v) is 1.88. The van der Waals surface area contributed by atoms with E-state index in [0.717, 1.165) is 10.5 Å². The second-order valence-electron chi connectivity index (χ2n) is 5.94. The molecule has 1 amide bonds. The predicted octanol–water partition coefficient (Wildman–Crippen LogP) is 3.37. The Morgan fingerprint density at radius 2 is 2.05 bits per heavy atom. The first-order chi connectivity index (χ1) is 10.0. The number of thioether (sulfide) groups is 1. The molecule has 0 aromatic heterocycles. The van der Waals surface area contributed by atoms with Gasteiger partial charge in [-0.1, -0.05) is 18.1 Å². The highest BCUT2D eigenvalue weighted by Crippen LogP contribution is 2.28. The Hall–Kier alpha value is -1.44. The first-order valence-electron chi connectivity index (χ1n) is 6.99. The van der Waals surface area contributed by atoms with E-state index in [-0.39, 0.29) is 7.33 Å². The van der Waals surface area contributed by atoms with Gasteiger partial charge < -0.3 is 10.4 Å². The van der Waals surface area contributed by atoms with Gasteiger partial charge in [-0.05, 0) is 52.3 Å². The molecule has 0 saturated heterocycles. The summed E-state index contributed by atoms with van der Waals surface area (Å²) >= 11 is 1.52. The van der Waals surface area contributed by atoms with Gasteiger partial charge in [0.05, 0.1) is 16.8 Å². The largest absolute Gasteiger partial charge is 0.389 e. The molecule has 4 heteroatoms. The Bertz CT molecular complexity index is 531. The third-order valence-corrected chi connectivity index (χ3v) is 4.43. The molecular weight excluding hydrogens is 294 g/mol. The highest BCUT2D eigenvalue weighted by molar-refractivity contribution is 8.00. The van der Waals surface area contributed by atoms with Crippen molar-refractivity contribution < 1.29 is 11.3 Å². The van der Waals surface area contributed by atoms with E-state index in [0.29, 0.717) is 5.75 Å². The molecule has 0 heterocycles. The van der Waals surface area contributed by atoms with Gasteiger partial charge in [-0.25, -0.2) is 0 Å². The molecule has 0 saturated carbocycles. The van der Waals surface area contributed by atoms with E-state index < -0.39 is 11.0 Å². The number of hydrogen-bond donors (Lipinski definition) is 2. The highest BCUT2D eigenvalue weighted by atomic mass is 32.2. The molecule has 0 spiro atoms. The van der Waals surface area contributed by atoms with Crippen molar-refractivity contribution in [1.29, 1.82) is 0 Å².